The highest BCUT2D eigenvalue weighted by atomic mass is 32.2. The van der Waals surface area contributed by atoms with Crippen molar-refractivity contribution >= 4 is 21.4 Å². The van der Waals surface area contributed by atoms with Gasteiger partial charge in [0, 0.05) is 31.7 Å². The first kappa shape index (κ1) is 17.4. The van der Waals surface area contributed by atoms with Gasteiger partial charge in [0.1, 0.15) is 0 Å². The molecule has 1 unspecified atom stereocenters. The van der Waals surface area contributed by atoms with Crippen molar-refractivity contribution in [1.29, 1.82) is 0 Å². The van der Waals surface area contributed by atoms with Gasteiger partial charge < -0.3 is 9.84 Å². The number of rotatable bonds is 5. The molecule has 1 aromatic rings. The lowest BCUT2D eigenvalue weighted by Crippen LogP contribution is -2.46. The second kappa shape index (κ2) is 7.19. The van der Waals surface area contributed by atoms with Crippen LogP contribution in [0, 0.1) is 5.41 Å². The van der Waals surface area contributed by atoms with E-state index >= 15 is 0 Å². The standard InChI is InChI=1S/C16H25NO4S2/c18-13-16(11-14-3-1-2-9-21-14)5-7-17(8-6-16)23(19,20)15-4-10-22-12-15/h4,10,12,14,18H,1-3,5-9,11,13H2. The van der Waals surface area contributed by atoms with Gasteiger partial charge in [-0.25, -0.2) is 8.42 Å². The topological polar surface area (TPSA) is 66.8 Å². The molecular weight excluding hydrogens is 334 g/mol. The van der Waals surface area contributed by atoms with Crippen LogP contribution < -0.4 is 0 Å². The molecule has 1 atom stereocenters. The SMILES string of the molecule is O=S(=O)(c1ccsc1)N1CCC(CO)(CC2CCCCO2)CC1. The van der Waals surface area contributed by atoms with Crippen molar-refractivity contribution in [2.45, 2.75) is 49.5 Å². The van der Waals surface area contributed by atoms with Gasteiger partial charge in [-0.05, 0) is 55.4 Å². The van der Waals surface area contributed by atoms with Crippen molar-refractivity contribution in [2.24, 2.45) is 5.41 Å². The Morgan fingerprint density at radius 2 is 2.13 bits per heavy atom. The van der Waals surface area contributed by atoms with Crippen LogP contribution >= 0.6 is 11.3 Å². The van der Waals surface area contributed by atoms with Crippen molar-refractivity contribution in [3.05, 3.63) is 16.8 Å². The monoisotopic (exact) mass is 359 g/mol. The molecule has 0 spiro atoms. The number of nitrogens with zero attached hydrogens (tertiary/aromatic N) is 1. The van der Waals surface area contributed by atoms with Crippen LogP contribution in [0.3, 0.4) is 0 Å². The van der Waals surface area contributed by atoms with E-state index in [2.05, 4.69) is 0 Å². The number of aliphatic hydroxyl groups is 1. The summed E-state index contributed by atoms with van der Waals surface area (Å²) >= 11 is 1.40. The predicted octanol–water partition coefficient (Wildman–Crippen LogP) is 2.47. The van der Waals surface area contributed by atoms with E-state index in [1.807, 2.05) is 0 Å². The molecule has 2 fully saturated rings. The summed E-state index contributed by atoms with van der Waals surface area (Å²) < 4.78 is 32.5. The highest BCUT2D eigenvalue weighted by Crippen LogP contribution is 2.39. The van der Waals surface area contributed by atoms with E-state index in [9.17, 15) is 13.5 Å². The third kappa shape index (κ3) is 3.79. The summed E-state index contributed by atoms with van der Waals surface area (Å²) in [5.41, 5.74) is -0.192. The number of aliphatic hydroxyl groups excluding tert-OH is 1. The second-order valence-electron chi connectivity index (χ2n) is 6.71. The number of sulfonamides is 1. The molecule has 0 bridgehead atoms. The van der Waals surface area contributed by atoms with E-state index in [-0.39, 0.29) is 18.1 Å². The van der Waals surface area contributed by atoms with Crippen molar-refractivity contribution in [1.82, 2.24) is 4.31 Å². The number of hydrogen-bond donors (Lipinski definition) is 1. The number of hydrogen-bond acceptors (Lipinski definition) is 5. The average Bonchev–Trinajstić information content (AvgIpc) is 3.11. The highest BCUT2D eigenvalue weighted by Gasteiger charge is 2.40. The van der Waals surface area contributed by atoms with Gasteiger partial charge in [0.15, 0.2) is 0 Å². The molecule has 2 aliphatic rings. The van der Waals surface area contributed by atoms with E-state index in [0.717, 1.165) is 25.9 Å². The van der Waals surface area contributed by atoms with E-state index in [0.29, 0.717) is 30.8 Å². The molecule has 3 rings (SSSR count). The minimum atomic E-state index is -3.38. The van der Waals surface area contributed by atoms with Crippen molar-refractivity contribution in [3.8, 4) is 0 Å². The molecule has 3 heterocycles. The fourth-order valence-electron chi connectivity index (χ4n) is 3.63. The Kier molecular flexibility index (Phi) is 5.42. The largest absolute Gasteiger partial charge is 0.396 e. The van der Waals surface area contributed by atoms with Crippen LogP contribution in [0.4, 0.5) is 0 Å². The molecule has 0 aliphatic carbocycles. The molecule has 0 amide bonds. The van der Waals surface area contributed by atoms with Crippen LogP contribution in [0.5, 0.6) is 0 Å². The lowest BCUT2D eigenvalue weighted by Gasteiger charge is -2.42. The number of piperidine rings is 1. The zero-order valence-corrected chi connectivity index (χ0v) is 14.9. The number of ether oxygens (including phenoxy) is 1. The molecule has 2 aliphatic heterocycles. The average molecular weight is 360 g/mol. The van der Waals surface area contributed by atoms with Crippen LogP contribution in [0.2, 0.25) is 0 Å². The van der Waals surface area contributed by atoms with Gasteiger partial charge >= 0.3 is 0 Å². The van der Waals surface area contributed by atoms with Gasteiger partial charge in [-0.1, -0.05) is 0 Å². The molecule has 130 valence electrons. The molecule has 1 N–H and O–H groups in total. The Balaban J connectivity index is 1.64. The summed E-state index contributed by atoms with van der Waals surface area (Å²) in [5, 5.41) is 13.4. The van der Waals surface area contributed by atoms with Gasteiger partial charge in [-0.2, -0.15) is 15.6 Å². The lowest BCUT2D eigenvalue weighted by atomic mass is 9.74. The van der Waals surface area contributed by atoms with Crippen LogP contribution in [0.25, 0.3) is 0 Å². The molecule has 7 heteroatoms. The Bertz CT molecular complexity index is 586. The van der Waals surface area contributed by atoms with Crippen molar-refractivity contribution < 1.29 is 18.3 Å². The third-order valence-electron chi connectivity index (χ3n) is 5.19. The molecule has 0 aromatic carbocycles. The fraction of sp³-hybridized carbons (Fsp3) is 0.750. The third-order valence-corrected chi connectivity index (χ3v) is 7.91. The maximum absolute atomic E-state index is 12.6. The van der Waals surface area contributed by atoms with Crippen LogP contribution in [0.1, 0.15) is 38.5 Å². The van der Waals surface area contributed by atoms with E-state index < -0.39 is 10.0 Å². The maximum atomic E-state index is 12.6. The smallest absolute Gasteiger partial charge is 0.243 e. The Hall–Kier alpha value is -0.470. The van der Waals surface area contributed by atoms with Crippen molar-refractivity contribution in [3.63, 3.8) is 0 Å². The first-order chi connectivity index (χ1) is 11.1. The van der Waals surface area contributed by atoms with E-state index in [4.69, 9.17) is 4.74 Å². The molecule has 23 heavy (non-hydrogen) atoms. The van der Waals surface area contributed by atoms with Gasteiger partial charge in [0.25, 0.3) is 0 Å². The summed E-state index contributed by atoms with van der Waals surface area (Å²) in [7, 11) is -3.38. The Morgan fingerprint density at radius 1 is 1.35 bits per heavy atom. The molecule has 0 radical (unpaired) electrons. The van der Waals surface area contributed by atoms with Gasteiger partial charge in [-0.15, -0.1) is 0 Å². The molecule has 5 nitrogen and oxygen atoms in total. The fourth-order valence-corrected chi connectivity index (χ4v) is 6.08. The minimum absolute atomic E-state index is 0.110. The summed E-state index contributed by atoms with van der Waals surface area (Å²) in [6.07, 6.45) is 5.82. The zero-order chi connectivity index (χ0) is 16.3. The van der Waals surface area contributed by atoms with Crippen LogP contribution in [0.15, 0.2) is 21.7 Å². The van der Waals surface area contributed by atoms with E-state index in [1.54, 1.807) is 21.1 Å². The number of thiophene rings is 1. The molecule has 0 saturated carbocycles. The maximum Gasteiger partial charge on any atom is 0.243 e. The summed E-state index contributed by atoms with van der Waals surface area (Å²) in [6.45, 7) is 1.88. The molecule has 2 saturated heterocycles. The highest BCUT2D eigenvalue weighted by molar-refractivity contribution is 7.89. The second-order valence-corrected chi connectivity index (χ2v) is 9.43. The molecular formula is C16H25NO4S2. The van der Waals surface area contributed by atoms with Crippen LogP contribution in [-0.2, 0) is 14.8 Å². The lowest BCUT2D eigenvalue weighted by molar-refractivity contribution is -0.0421. The van der Waals surface area contributed by atoms with E-state index in [1.165, 1.54) is 17.8 Å². The minimum Gasteiger partial charge on any atom is -0.396 e. The normalized spacial score (nSPS) is 26.2. The summed E-state index contributed by atoms with van der Waals surface area (Å²) in [5.74, 6) is 0. The first-order valence-electron chi connectivity index (χ1n) is 8.31. The summed E-state index contributed by atoms with van der Waals surface area (Å²) in [4.78, 5) is 0.384. The van der Waals surface area contributed by atoms with Gasteiger partial charge in [0.05, 0.1) is 11.0 Å². The van der Waals surface area contributed by atoms with Crippen molar-refractivity contribution in [2.75, 3.05) is 26.3 Å². The predicted molar refractivity (Wildman–Crippen MR) is 90.0 cm³/mol. The van der Waals surface area contributed by atoms with Crippen LogP contribution in [-0.4, -0.2) is 50.2 Å². The van der Waals surface area contributed by atoms with Gasteiger partial charge in [-0.3, -0.25) is 0 Å². The Morgan fingerprint density at radius 3 is 2.70 bits per heavy atom. The zero-order valence-electron chi connectivity index (χ0n) is 13.3. The quantitative estimate of drug-likeness (QED) is 0.877. The Labute approximate surface area is 142 Å². The van der Waals surface area contributed by atoms with Gasteiger partial charge in [0.2, 0.25) is 10.0 Å². The summed E-state index contributed by atoms with van der Waals surface area (Å²) in [6, 6.07) is 1.66. The molecule has 1 aromatic heterocycles. The first-order valence-corrected chi connectivity index (χ1v) is 10.7.